The predicted molar refractivity (Wildman–Crippen MR) is 136 cm³/mol. The van der Waals surface area contributed by atoms with E-state index in [1.807, 2.05) is 49.4 Å². The number of imide groups is 1. The summed E-state index contributed by atoms with van der Waals surface area (Å²) in [5.74, 6) is -0.831. The Labute approximate surface area is 202 Å². The van der Waals surface area contributed by atoms with Crippen LogP contribution in [0, 0.1) is 5.82 Å². The summed E-state index contributed by atoms with van der Waals surface area (Å²) in [6.45, 7) is 2.53. The zero-order valence-corrected chi connectivity index (χ0v) is 19.1. The third-order valence-corrected chi connectivity index (χ3v) is 5.81. The van der Waals surface area contributed by atoms with E-state index in [0.717, 1.165) is 22.1 Å². The van der Waals surface area contributed by atoms with Crippen LogP contribution in [0.1, 0.15) is 18.9 Å². The number of benzene rings is 4. The van der Waals surface area contributed by atoms with Gasteiger partial charge in [-0.2, -0.15) is 0 Å². The van der Waals surface area contributed by atoms with Crippen molar-refractivity contribution in [2.24, 2.45) is 0 Å². The minimum Gasteiger partial charge on any atom is -0.494 e. The topological polar surface area (TPSA) is 58.6 Å². The number of halogens is 1. The zero-order valence-electron chi connectivity index (χ0n) is 19.1. The molecule has 0 unspecified atom stereocenters. The van der Waals surface area contributed by atoms with Crippen LogP contribution in [0.4, 0.5) is 15.8 Å². The van der Waals surface area contributed by atoms with E-state index >= 15 is 0 Å². The molecule has 5 rings (SSSR count). The van der Waals surface area contributed by atoms with Crippen LogP contribution in [0.25, 0.3) is 16.3 Å². The van der Waals surface area contributed by atoms with Gasteiger partial charge in [-0.3, -0.25) is 9.59 Å². The summed E-state index contributed by atoms with van der Waals surface area (Å²) in [5.41, 5.74) is 1.87. The standard InChI is InChI=1S/C29H23FN2O3/c1-2-17-35-23-10-6-9-22(18-23)32-28(33)26(20-13-15-21(30)16-14-20)27(29(32)34)31-25-12-5-8-19-7-3-4-11-24(19)25/h3-16,18,31H,2,17H2,1H3. The molecule has 0 radical (unpaired) electrons. The summed E-state index contributed by atoms with van der Waals surface area (Å²) in [5, 5.41) is 5.13. The van der Waals surface area contributed by atoms with Crippen molar-refractivity contribution in [3.8, 4) is 5.75 Å². The van der Waals surface area contributed by atoms with Crippen LogP contribution in [0.2, 0.25) is 0 Å². The molecule has 6 heteroatoms. The highest BCUT2D eigenvalue weighted by Crippen LogP contribution is 2.36. The fourth-order valence-corrected chi connectivity index (χ4v) is 4.17. The fourth-order valence-electron chi connectivity index (χ4n) is 4.17. The third kappa shape index (κ3) is 4.26. The highest BCUT2D eigenvalue weighted by atomic mass is 19.1. The van der Waals surface area contributed by atoms with Crippen molar-refractivity contribution in [2.45, 2.75) is 13.3 Å². The Kier molecular flexibility index (Phi) is 6.02. The van der Waals surface area contributed by atoms with Crippen molar-refractivity contribution in [3.05, 3.63) is 108 Å². The van der Waals surface area contributed by atoms with Gasteiger partial charge in [0.25, 0.3) is 11.8 Å². The number of nitrogens with one attached hydrogen (secondary N) is 1. The molecule has 5 nitrogen and oxygen atoms in total. The Morgan fingerprint density at radius 2 is 1.60 bits per heavy atom. The fraction of sp³-hybridized carbons (Fsp3) is 0.103. The normalized spacial score (nSPS) is 13.6. The largest absolute Gasteiger partial charge is 0.494 e. The molecule has 0 aliphatic carbocycles. The Morgan fingerprint density at radius 3 is 2.40 bits per heavy atom. The summed E-state index contributed by atoms with van der Waals surface area (Å²) >= 11 is 0. The summed E-state index contributed by atoms with van der Waals surface area (Å²) in [4.78, 5) is 28.5. The van der Waals surface area contributed by atoms with E-state index in [1.165, 1.54) is 24.3 Å². The summed E-state index contributed by atoms with van der Waals surface area (Å²) in [6.07, 6.45) is 0.834. The van der Waals surface area contributed by atoms with Crippen molar-refractivity contribution in [2.75, 3.05) is 16.8 Å². The van der Waals surface area contributed by atoms with E-state index in [2.05, 4.69) is 5.32 Å². The highest BCUT2D eigenvalue weighted by molar-refractivity contribution is 6.46. The van der Waals surface area contributed by atoms with Gasteiger partial charge in [0, 0.05) is 17.1 Å². The predicted octanol–water partition coefficient (Wildman–Crippen LogP) is 6.16. The van der Waals surface area contributed by atoms with Gasteiger partial charge in [0.15, 0.2) is 0 Å². The molecule has 0 saturated heterocycles. The van der Waals surface area contributed by atoms with Gasteiger partial charge in [-0.25, -0.2) is 9.29 Å². The summed E-state index contributed by atoms with van der Waals surface area (Å²) < 4.78 is 19.3. The average Bonchev–Trinajstić information content (AvgIpc) is 3.12. The lowest BCUT2D eigenvalue weighted by Crippen LogP contribution is -2.32. The van der Waals surface area contributed by atoms with E-state index in [4.69, 9.17) is 4.74 Å². The van der Waals surface area contributed by atoms with Gasteiger partial charge < -0.3 is 10.1 Å². The maximum Gasteiger partial charge on any atom is 0.282 e. The van der Waals surface area contributed by atoms with Crippen LogP contribution in [0.5, 0.6) is 5.75 Å². The van der Waals surface area contributed by atoms with Crippen LogP contribution < -0.4 is 15.0 Å². The van der Waals surface area contributed by atoms with Gasteiger partial charge in [0.05, 0.1) is 17.9 Å². The first-order valence-corrected chi connectivity index (χ1v) is 11.4. The van der Waals surface area contributed by atoms with Crippen molar-refractivity contribution in [3.63, 3.8) is 0 Å². The minimum atomic E-state index is -0.491. The Bertz CT molecular complexity index is 1460. The second-order valence-electron chi connectivity index (χ2n) is 8.20. The molecule has 2 amide bonds. The number of hydrogen-bond acceptors (Lipinski definition) is 4. The van der Waals surface area contributed by atoms with Gasteiger partial charge in [0.2, 0.25) is 0 Å². The van der Waals surface area contributed by atoms with E-state index in [-0.39, 0.29) is 11.3 Å². The number of nitrogens with zero attached hydrogens (tertiary/aromatic N) is 1. The Morgan fingerprint density at radius 1 is 0.857 bits per heavy atom. The number of rotatable bonds is 7. The number of hydrogen-bond donors (Lipinski definition) is 1. The molecule has 4 aromatic carbocycles. The smallest absolute Gasteiger partial charge is 0.282 e. The molecule has 1 aliphatic rings. The molecule has 0 bridgehead atoms. The molecule has 0 spiro atoms. The number of carbonyl (C=O) groups excluding carboxylic acids is 2. The lowest BCUT2D eigenvalue weighted by atomic mass is 10.0. The van der Waals surface area contributed by atoms with Crippen LogP contribution in [0.3, 0.4) is 0 Å². The first kappa shape index (κ1) is 22.3. The molecule has 35 heavy (non-hydrogen) atoms. The van der Waals surface area contributed by atoms with Crippen molar-refractivity contribution in [1.29, 1.82) is 0 Å². The van der Waals surface area contributed by atoms with Gasteiger partial charge in [-0.1, -0.05) is 61.5 Å². The van der Waals surface area contributed by atoms with Gasteiger partial charge in [0.1, 0.15) is 17.3 Å². The van der Waals surface area contributed by atoms with Crippen LogP contribution >= 0.6 is 0 Å². The number of fused-ring (bicyclic) bond motifs is 1. The molecule has 4 aromatic rings. The molecular formula is C29H23FN2O3. The van der Waals surface area contributed by atoms with Crippen molar-refractivity contribution in [1.82, 2.24) is 0 Å². The third-order valence-electron chi connectivity index (χ3n) is 5.81. The number of anilines is 2. The van der Waals surface area contributed by atoms with Crippen LogP contribution in [-0.4, -0.2) is 18.4 Å². The molecule has 0 aromatic heterocycles. The van der Waals surface area contributed by atoms with Crippen molar-refractivity contribution < 1.29 is 18.7 Å². The monoisotopic (exact) mass is 466 g/mol. The number of carbonyl (C=O) groups is 2. The van der Waals surface area contributed by atoms with Crippen molar-refractivity contribution >= 4 is 39.5 Å². The van der Waals surface area contributed by atoms with Gasteiger partial charge in [-0.15, -0.1) is 0 Å². The lowest BCUT2D eigenvalue weighted by Gasteiger charge is -2.17. The minimum absolute atomic E-state index is 0.137. The SMILES string of the molecule is CCCOc1cccc(N2C(=O)C(Nc3cccc4ccccc34)=C(c3ccc(F)cc3)C2=O)c1. The molecule has 1 N–H and O–H groups in total. The molecule has 1 heterocycles. The second-order valence-corrected chi connectivity index (χ2v) is 8.20. The average molecular weight is 467 g/mol. The Balaban J connectivity index is 1.60. The van der Waals surface area contributed by atoms with E-state index < -0.39 is 17.6 Å². The zero-order chi connectivity index (χ0) is 24.4. The van der Waals surface area contributed by atoms with Crippen LogP contribution in [-0.2, 0) is 9.59 Å². The maximum absolute atomic E-state index is 13.7. The highest BCUT2D eigenvalue weighted by Gasteiger charge is 2.40. The van der Waals surface area contributed by atoms with E-state index in [1.54, 1.807) is 24.3 Å². The second kappa shape index (κ2) is 9.43. The summed E-state index contributed by atoms with van der Waals surface area (Å²) in [7, 11) is 0. The van der Waals surface area contributed by atoms with Gasteiger partial charge >= 0.3 is 0 Å². The lowest BCUT2D eigenvalue weighted by molar-refractivity contribution is -0.120. The Hall–Kier alpha value is -4.45. The number of amides is 2. The molecule has 0 saturated carbocycles. The molecule has 0 fully saturated rings. The number of ether oxygens (including phenoxy) is 1. The molecule has 0 atom stereocenters. The van der Waals surface area contributed by atoms with E-state index in [0.29, 0.717) is 29.3 Å². The quantitative estimate of drug-likeness (QED) is 0.331. The molecule has 1 aliphatic heterocycles. The van der Waals surface area contributed by atoms with Crippen LogP contribution in [0.15, 0.2) is 96.7 Å². The summed E-state index contributed by atoms with van der Waals surface area (Å²) in [6, 6.07) is 26.0. The molecular weight excluding hydrogens is 443 g/mol. The van der Waals surface area contributed by atoms with Gasteiger partial charge in [-0.05, 0) is 47.7 Å². The molecule has 174 valence electrons. The van der Waals surface area contributed by atoms with E-state index in [9.17, 15) is 14.0 Å². The maximum atomic E-state index is 13.7. The first-order valence-electron chi connectivity index (χ1n) is 11.4. The first-order chi connectivity index (χ1) is 17.1.